The first kappa shape index (κ1) is 14.8. The predicted molar refractivity (Wildman–Crippen MR) is 70.0 cm³/mol. The Morgan fingerprint density at radius 1 is 1.50 bits per heavy atom. The van der Waals surface area contributed by atoms with Crippen molar-refractivity contribution in [3.8, 4) is 0 Å². The van der Waals surface area contributed by atoms with Gasteiger partial charge in [0.05, 0.1) is 25.8 Å². The van der Waals surface area contributed by atoms with Crippen LogP contribution in [0.2, 0.25) is 0 Å². The number of carbonyl (C=O) groups excluding carboxylic acids is 1. The van der Waals surface area contributed by atoms with Gasteiger partial charge in [0, 0.05) is 6.04 Å². The van der Waals surface area contributed by atoms with Crippen LogP contribution in [0.3, 0.4) is 0 Å². The maximum absolute atomic E-state index is 11.6. The van der Waals surface area contributed by atoms with E-state index < -0.39 is 0 Å². The van der Waals surface area contributed by atoms with Crippen molar-refractivity contribution in [3.05, 3.63) is 24.2 Å². The second kappa shape index (κ2) is 6.59. The molecule has 0 saturated heterocycles. The molecule has 1 unspecified atom stereocenters. The molecule has 1 atom stereocenters. The van der Waals surface area contributed by atoms with E-state index in [1.54, 1.807) is 6.26 Å². The van der Waals surface area contributed by atoms with Gasteiger partial charge in [-0.25, -0.2) is 0 Å². The molecule has 1 aromatic rings. The minimum Gasteiger partial charge on any atom is -0.468 e. The van der Waals surface area contributed by atoms with Crippen molar-refractivity contribution in [2.75, 3.05) is 6.61 Å². The summed E-state index contributed by atoms with van der Waals surface area (Å²) in [6.45, 7) is 9.17. The zero-order valence-corrected chi connectivity index (χ0v) is 11.7. The Balaban J connectivity index is 2.53. The zero-order valence-electron chi connectivity index (χ0n) is 11.7. The zero-order chi connectivity index (χ0) is 13.6. The fourth-order valence-corrected chi connectivity index (χ4v) is 1.71. The van der Waals surface area contributed by atoms with Crippen molar-refractivity contribution in [2.24, 2.45) is 5.41 Å². The maximum Gasteiger partial charge on any atom is 0.307 e. The Kier molecular flexibility index (Phi) is 5.41. The fourth-order valence-electron chi connectivity index (χ4n) is 1.71. The van der Waals surface area contributed by atoms with Crippen LogP contribution in [0, 0.1) is 5.41 Å². The Morgan fingerprint density at radius 2 is 2.22 bits per heavy atom. The normalized spacial score (nSPS) is 13.3. The highest BCUT2D eigenvalue weighted by molar-refractivity contribution is 5.70. The standard InChI is InChI=1S/C14H23NO3/c1-5-17-13(16)9-12(14(2,3)4)15-10-11-7-6-8-18-11/h6-8,12,15H,5,9-10H2,1-4H3. The van der Waals surface area contributed by atoms with Crippen LogP contribution in [0.4, 0.5) is 0 Å². The SMILES string of the molecule is CCOC(=O)CC(NCc1ccco1)C(C)(C)C. The Hall–Kier alpha value is -1.29. The van der Waals surface area contributed by atoms with Crippen LogP contribution in [0.5, 0.6) is 0 Å². The lowest BCUT2D eigenvalue weighted by Crippen LogP contribution is -2.41. The smallest absolute Gasteiger partial charge is 0.307 e. The van der Waals surface area contributed by atoms with Crippen LogP contribution in [0.25, 0.3) is 0 Å². The summed E-state index contributed by atoms with van der Waals surface area (Å²) in [6, 6.07) is 3.83. The van der Waals surface area contributed by atoms with Crippen LogP contribution >= 0.6 is 0 Å². The molecule has 0 aliphatic carbocycles. The Labute approximate surface area is 109 Å². The van der Waals surface area contributed by atoms with E-state index in [0.29, 0.717) is 19.6 Å². The van der Waals surface area contributed by atoms with Gasteiger partial charge in [-0.15, -0.1) is 0 Å². The molecular formula is C14H23NO3. The van der Waals surface area contributed by atoms with Gasteiger partial charge in [0.15, 0.2) is 0 Å². The van der Waals surface area contributed by atoms with Crippen molar-refractivity contribution in [3.63, 3.8) is 0 Å². The molecule has 1 aromatic heterocycles. The first-order valence-electron chi connectivity index (χ1n) is 6.35. The molecule has 0 fully saturated rings. The molecule has 0 spiro atoms. The summed E-state index contributed by atoms with van der Waals surface area (Å²) in [7, 11) is 0. The highest BCUT2D eigenvalue weighted by atomic mass is 16.5. The lowest BCUT2D eigenvalue weighted by Gasteiger charge is -2.30. The molecule has 0 bridgehead atoms. The number of hydrogen-bond acceptors (Lipinski definition) is 4. The van der Waals surface area contributed by atoms with Crippen molar-refractivity contribution in [2.45, 2.75) is 46.7 Å². The van der Waals surface area contributed by atoms with Gasteiger partial charge in [0.2, 0.25) is 0 Å². The van der Waals surface area contributed by atoms with E-state index in [-0.39, 0.29) is 17.4 Å². The minimum absolute atomic E-state index is 0.0145. The van der Waals surface area contributed by atoms with Crippen LogP contribution in [0.1, 0.15) is 39.9 Å². The molecular weight excluding hydrogens is 230 g/mol. The van der Waals surface area contributed by atoms with E-state index in [0.717, 1.165) is 5.76 Å². The molecule has 1 rings (SSSR count). The topological polar surface area (TPSA) is 51.5 Å². The third-order valence-electron chi connectivity index (χ3n) is 2.82. The molecule has 0 aliphatic rings. The van der Waals surface area contributed by atoms with E-state index in [1.807, 2.05) is 19.1 Å². The maximum atomic E-state index is 11.6. The molecule has 0 saturated carbocycles. The van der Waals surface area contributed by atoms with E-state index in [1.165, 1.54) is 0 Å². The molecule has 0 radical (unpaired) electrons. The van der Waals surface area contributed by atoms with E-state index in [9.17, 15) is 4.79 Å². The summed E-state index contributed by atoms with van der Waals surface area (Å²) >= 11 is 0. The predicted octanol–water partition coefficient (Wildman–Crippen LogP) is 2.74. The number of hydrogen-bond donors (Lipinski definition) is 1. The van der Waals surface area contributed by atoms with Gasteiger partial charge in [-0.2, -0.15) is 0 Å². The molecule has 0 aliphatic heterocycles. The molecule has 102 valence electrons. The quantitative estimate of drug-likeness (QED) is 0.792. The monoisotopic (exact) mass is 253 g/mol. The van der Waals surface area contributed by atoms with Crippen molar-refractivity contribution >= 4 is 5.97 Å². The van der Waals surface area contributed by atoms with Crippen LogP contribution in [0.15, 0.2) is 22.8 Å². The lowest BCUT2D eigenvalue weighted by molar-refractivity contribution is -0.144. The van der Waals surface area contributed by atoms with E-state index in [4.69, 9.17) is 9.15 Å². The first-order valence-corrected chi connectivity index (χ1v) is 6.35. The third kappa shape index (κ3) is 4.92. The number of carbonyl (C=O) groups is 1. The largest absolute Gasteiger partial charge is 0.468 e. The van der Waals surface area contributed by atoms with Crippen LogP contribution < -0.4 is 5.32 Å². The average molecular weight is 253 g/mol. The molecule has 1 N–H and O–H groups in total. The molecule has 4 heteroatoms. The van der Waals surface area contributed by atoms with Gasteiger partial charge in [-0.3, -0.25) is 4.79 Å². The molecule has 4 nitrogen and oxygen atoms in total. The second-order valence-electron chi connectivity index (χ2n) is 5.39. The number of ether oxygens (including phenoxy) is 1. The molecule has 18 heavy (non-hydrogen) atoms. The average Bonchev–Trinajstić information content (AvgIpc) is 2.75. The second-order valence-corrected chi connectivity index (χ2v) is 5.39. The van der Waals surface area contributed by atoms with Gasteiger partial charge in [-0.1, -0.05) is 20.8 Å². The van der Waals surface area contributed by atoms with Crippen molar-refractivity contribution in [1.82, 2.24) is 5.32 Å². The molecule has 0 aromatic carbocycles. The van der Waals surface area contributed by atoms with Gasteiger partial charge >= 0.3 is 5.97 Å². The van der Waals surface area contributed by atoms with E-state index >= 15 is 0 Å². The lowest BCUT2D eigenvalue weighted by atomic mass is 9.84. The number of esters is 1. The molecule has 0 amide bonds. The van der Waals surface area contributed by atoms with E-state index in [2.05, 4.69) is 26.1 Å². The Bertz CT molecular complexity index is 352. The van der Waals surface area contributed by atoms with Gasteiger partial charge in [0.25, 0.3) is 0 Å². The number of nitrogens with one attached hydrogen (secondary N) is 1. The van der Waals surface area contributed by atoms with Crippen molar-refractivity contribution < 1.29 is 13.9 Å². The highest BCUT2D eigenvalue weighted by Crippen LogP contribution is 2.22. The molecule has 1 heterocycles. The summed E-state index contributed by atoms with van der Waals surface area (Å²) in [5.74, 6) is 0.706. The summed E-state index contributed by atoms with van der Waals surface area (Å²) < 4.78 is 10.3. The van der Waals surface area contributed by atoms with Gasteiger partial charge < -0.3 is 14.5 Å². The Morgan fingerprint density at radius 3 is 2.72 bits per heavy atom. The highest BCUT2D eigenvalue weighted by Gasteiger charge is 2.27. The summed E-state index contributed by atoms with van der Waals surface area (Å²) in [5, 5.41) is 3.36. The number of rotatable bonds is 6. The third-order valence-corrected chi connectivity index (χ3v) is 2.82. The fraction of sp³-hybridized carbons (Fsp3) is 0.643. The summed E-state index contributed by atoms with van der Waals surface area (Å²) in [6.07, 6.45) is 2.02. The minimum atomic E-state index is -0.163. The van der Waals surface area contributed by atoms with Crippen LogP contribution in [-0.2, 0) is 16.1 Å². The van der Waals surface area contributed by atoms with Crippen LogP contribution in [-0.4, -0.2) is 18.6 Å². The van der Waals surface area contributed by atoms with Crippen molar-refractivity contribution in [1.29, 1.82) is 0 Å². The van der Waals surface area contributed by atoms with Gasteiger partial charge in [0.1, 0.15) is 5.76 Å². The number of furan rings is 1. The first-order chi connectivity index (χ1) is 8.43. The summed E-state index contributed by atoms with van der Waals surface area (Å²) in [4.78, 5) is 11.6. The van der Waals surface area contributed by atoms with Gasteiger partial charge in [-0.05, 0) is 24.5 Å². The summed E-state index contributed by atoms with van der Waals surface area (Å²) in [5.41, 5.74) is -0.0145.